The Morgan fingerprint density at radius 2 is 1.90 bits per heavy atom. The molecule has 3 rings (SSSR count). The summed E-state index contributed by atoms with van der Waals surface area (Å²) in [5.41, 5.74) is 1.61. The highest BCUT2D eigenvalue weighted by molar-refractivity contribution is 7.15. The Balaban J connectivity index is 1.73. The minimum absolute atomic E-state index is 0.173. The molecule has 0 saturated carbocycles. The van der Waals surface area contributed by atoms with Crippen LogP contribution in [0.25, 0.3) is 5.69 Å². The largest absolute Gasteiger partial charge is 0.324 e. The Labute approximate surface area is 126 Å². The van der Waals surface area contributed by atoms with E-state index in [-0.39, 0.29) is 5.91 Å². The summed E-state index contributed by atoms with van der Waals surface area (Å²) in [7, 11) is 0. The number of aromatic nitrogens is 3. The van der Waals surface area contributed by atoms with Crippen LogP contribution in [0.1, 0.15) is 22.3 Å². The number of carbonyl (C=O) groups excluding carboxylic acids is 1. The lowest BCUT2D eigenvalue weighted by atomic mass is 10.2. The average Bonchev–Trinajstić information content (AvgIpc) is 3.19. The zero-order chi connectivity index (χ0) is 14.7. The average molecular weight is 298 g/mol. The fourth-order valence-electron chi connectivity index (χ4n) is 1.91. The quantitative estimate of drug-likeness (QED) is 0.805. The summed E-state index contributed by atoms with van der Waals surface area (Å²) in [6.07, 6.45) is 4.74. The Morgan fingerprint density at radius 1 is 1.19 bits per heavy atom. The van der Waals surface area contributed by atoms with E-state index in [4.69, 9.17) is 0 Å². The molecular formula is C15H14N4OS. The number of hydrogen-bond donors (Lipinski definition) is 1. The highest BCUT2D eigenvalue weighted by Gasteiger charge is 2.09. The lowest BCUT2D eigenvalue weighted by Gasteiger charge is -2.05. The molecule has 0 aliphatic carbocycles. The second kappa shape index (κ2) is 5.88. The van der Waals surface area contributed by atoms with Crippen LogP contribution in [0.5, 0.6) is 0 Å². The first-order valence-corrected chi connectivity index (χ1v) is 7.45. The van der Waals surface area contributed by atoms with Crippen molar-refractivity contribution in [2.24, 2.45) is 0 Å². The Bertz CT molecular complexity index is 731. The maximum Gasteiger partial charge on any atom is 0.257 e. The van der Waals surface area contributed by atoms with Gasteiger partial charge >= 0.3 is 0 Å². The second-order valence-corrected chi connectivity index (χ2v) is 5.51. The standard InChI is InChI=1S/C15H14N4OS/c1-2-13-17-18-15(21-13)16-14(20)11-5-7-12(8-6-11)19-9-3-4-10-19/h3-10H,2H2,1H3,(H,16,18,20). The van der Waals surface area contributed by atoms with Gasteiger partial charge in [-0.15, -0.1) is 10.2 Å². The maximum absolute atomic E-state index is 12.1. The number of aryl methyl sites for hydroxylation is 1. The third-order valence-electron chi connectivity index (χ3n) is 3.02. The summed E-state index contributed by atoms with van der Waals surface area (Å²) in [5.74, 6) is -0.173. The van der Waals surface area contributed by atoms with Gasteiger partial charge in [0, 0.05) is 23.6 Å². The lowest BCUT2D eigenvalue weighted by molar-refractivity contribution is 0.102. The Morgan fingerprint density at radius 3 is 2.52 bits per heavy atom. The monoisotopic (exact) mass is 298 g/mol. The predicted octanol–water partition coefficient (Wildman–Crippen LogP) is 3.14. The van der Waals surface area contributed by atoms with Crippen LogP contribution < -0.4 is 5.32 Å². The summed E-state index contributed by atoms with van der Waals surface area (Å²) in [5, 5.41) is 12.1. The van der Waals surface area contributed by atoms with Crippen LogP contribution in [-0.4, -0.2) is 20.7 Å². The fraction of sp³-hybridized carbons (Fsp3) is 0.133. The van der Waals surface area contributed by atoms with E-state index < -0.39 is 0 Å². The van der Waals surface area contributed by atoms with Crippen LogP contribution in [-0.2, 0) is 6.42 Å². The molecule has 0 unspecified atom stereocenters. The first-order valence-electron chi connectivity index (χ1n) is 6.63. The summed E-state index contributed by atoms with van der Waals surface area (Å²) in [6.45, 7) is 2.01. The van der Waals surface area contributed by atoms with E-state index in [1.165, 1.54) is 11.3 Å². The number of benzene rings is 1. The van der Waals surface area contributed by atoms with Gasteiger partial charge in [-0.1, -0.05) is 18.3 Å². The molecule has 0 saturated heterocycles. The van der Waals surface area contributed by atoms with Crippen molar-refractivity contribution in [3.8, 4) is 5.69 Å². The molecule has 1 aromatic carbocycles. The van der Waals surface area contributed by atoms with Gasteiger partial charge in [0.15, 0.2) is 0 Å². The van der Waals surface area contributed by atoms with Crippen LogP contribution in [0.4, 0.5) is 5.13 Å². The molecule has 0 radical (unpaired) electrons. The Kier molecular flexibility index (Phi) is 3.79. The smallest absolute Gasteiger partial charge is 0.257 e. The first-order chi connectivity index (χ1) is 10.3. The van der Waals surface area contributed by atoms with E-state index in [0.717, 1.165) is 17.1 Å². The maximum atomic E-state index is 12.1. The van der Waals surface area contributed by atoms with Gasteiger partial charge in [0.05, 0.1) is 0 Å². The van der Waals surface area contributed by atoms with Crippen molar-refractivity contribution in [2.45, 2.75) is 13.3 Å². The molecule has 0 aliphatic heterocycles. The molecule has 1 amide bonds. The van der Waals surface area contributed by atoms with Crippen LogP contribution in [0, 0.1) is 0 Å². The molecule has 1 N–H and O–H groups in total. The molecule has 0 bridgehead atoms. The van der Waals surface area contributed by atoms with Crippen molar-refractivity contribution in [1.29, 1.82) is 0 Å². The normalized spacial score (nSPS) is 10.5. The van der Waals surface area contributed by atoms with Gasteiger partial charge in [-0.3, -0.25) is 10.1 Å². The zero-order valence-corrected chi connectivity index (χ0v) is 12.3. The van der Waals surface area contributed by atoms with Crippen LogP contribution in [0.3, 0.4) is 0 Å². The fourth-order valence-corrected chi connectivity index (χ4v) is 2.58. The van der Waals surface area contributed by atoms with Crippen molar-refractivity contribution in [2.75, 3.05) is 5.32 Å². The summed E-state index contributed by atoms with van der Waals surface area (Å²) < 4.78 is 1.99. The van der Waals surface area contributed by atoms with E-state index >= 15 is 0 Å². The van der Waals surface area contributed by atoms with Crippen LogP contribution >= 0.6 is 11.3 Å². The van der Waals surface area contributed by atoms with Gasteiger partial charge in [-0.25, -0.2) is 0 Å². The van der Waals surface area contributed by atoms with Crippen molar-refractivity contribution < 1.29 is 4.79 Å². The number of carbonyl (C=O) groups is 1. The molecule has 2 heterocycles. The molecule has 21 heavy (non-hydrogen) atoms. The molecular weight excluding hydrogens is 284 g/mol. The molecule has 0 spiro atoms. The minimum atomic E-state index is -0.173. The van der Waals surface area contributed by atoms with Crippen molar-refractivity contribution in [1.82, 2.24) is 14.8 Å². The van der Waals surface area contributed by atoms with Gasteiger partial charge in [-0.05, 0) is 42.8 Å². The second-order valence-electron chi connectivity index (χ2n) is 4.45. The first kappa shape index (κ1) is 13.5. The zero-order valence-electron chi connectivity index (χ0n) is 11.5. The molecule has 0 fully saturated rings. The molecule has 5 nitrogen and oxygen atoms in total. The summed E-state index contributed by atoms with van der Waals surface area (Å²) in [6, 6.07) is 11.3. The van der Waals surface area contributed by atoms with Crippen LogP contribution in [0.15, 0.2) is 48.8 Å². The predicted molar refractivity (Wildman–Crippen MR) is 83.0 cm³/mol. The number of hydrogen-bond acceptors (Lipinski definition) is 4. The summed E-state index contributed by atoms with van der Waals surface area (Å²) in [4.78, 5) is 12.1. The topological polar surface area (TPSA) is 59.8 Å². The molecule has 0 aliphatic rings. The molecule has 0 atom stereocenters. The highest BCUT2D eigenvalue weighted by Crippen LogP contribution is 2.17. The van der Waals surface area contributed by atoms with Gasteiger partial charge in [0.2, 0.25) is 5.13 Å². The van der Waals surface area contributed by atoms with Gasteiger partial charge < -0.3 is 4.57 Å². The van der Waals surface area contributed by atoms with Crippen molar-refractivity contribution >= 4 is 22.4 Å². The van der Waals surface area contributed by atoms with E-state index in [1.807, 2.05) is 48.1 Å². The van der Waals surface area contributed by atoms with Gasteiger partial charge in [0.1, 0.15) is 5.01 Å². The van der Waals surface area contributed by atoms with E-state index in [9.17, 15) is 4.79 Å². The number of nitrogens with zero attached hydrogens (tertiary/aromatic N) is 3. The third-order valence-corrected chi connectivity index (χ3v) is 4.00. The van der Waals surface area contributed by atoms with Crippen molar-refractivity contribution in [3.05, 3.63) is 59.4 Å². The SMILES string of the molecule is CCc1nnc(NC(=O)c2ccc(-n3cccc3)cc2)s1. The lowest BCUT2D eigenvalue weighted by Crippen LogP contribution is -2.11. The third kappa shape index (κ3) is 3.00. The molecule has 6 heteroatoms. The van der Waals surface area contributed by atoms with E-state index in [1.54, 1.807) is 12.1 Å². The minimum Gasteiger partial charge on any atom is -0.324 e. The van der Waals surface area contributed by atoms with E-state index in [2.05, 4.69) is 15.5 Å². The number of amides is 1. The van der Waals surface area contributed by atoms with Gasteiger partial charge in [0.25, 0.3) is 5.91 Å². The van der Waals surface area contributed by atoms with Gasteiger partial charge in [-0.2, -0.15) is 0 Å². The molecule has 3 aromatic rings. The van der Waals surface area contributed by atoms with Crippen molar-refractivity contribution in [3.63, 3.8) is 0 Å². The number of rotatable bonds is 4. The van der Waals surface area contributed by atoms with Crippen LogP contribution in [0.2, 0.25) is 0 Å². The Hall–Kier alpha value is -2.47. The number of nitrogens with one attached hydrogen (secondary N) is 1. The molecule has 2 aromatic heterocycles. The summed E-state index contributed by atoms with van der Waals surface area (Å²) >= 11 is 1.40. The molecule has 106 valence electrons. The highest BCUT2D eigenvalue weighted by atomic mass is 32.1. The van der Waals surface area contributed by atoms with E-state index in [0.29, 0.717) is 10.7 Å². The number of anilines is 1.